The van der Waals surface area contributed by atoms with Crippen LogP contribution in [0.4, 0.5) is 0 Å². The van der Waals surface area contributed by atoms with E-state index in [1.807, 2.05) is 0 Å². The fraction of sp³-hybridized carbons (Fsp3) is 0.600. The second kappa shape index (κ2) is 3.84. The predicted molar refractivity (Wildman–Crippen MR) is 28.3 cm³/mol. The highest BCUT2D eigenvalue weighted by Gasteiger charge is 2.16. The Morgan fingerprint density at radius 2 is 2.20 bits per heavy atom. The van der Waals surface area contributed by atoms with Gasteiger partial charge in [0, 0.05) is 5.97 Å². The number of carbonyl (C=O) groups is 2. The van der Waals surface area contributed by atoms with Gasteiger partial charge in [-0.05, 0) is 0 Å². The summed E-state index contributed by atoms with van der Waals surface area (Å²) in [6.45, 7) is 0. The zero-order chi connectivity index (χ0) is 8.15. The van der Waals surface area contributed by atoms with Crippen LogP contribution in [0.25, 0.3) is 0 Å². The number of methoxy groups -OCH3 is 1. The summed E-state index contributed by atoms with van der Waals surface area (Å²) >= 11 is 0. The fourth-order valence-electron chi connectivity index (χ4n) is 0.451. The Labute approximate surface area is 57.8 Å². The molecule has 3 N–H and O–H groups in total. The summed E-state index contributed by atoms with van der Waals surface area (Å²) in [5.41, 5.74) is 3.25. The smallest absolute Gasteiger partial charge is 0.364 e. The van der Waals surface area contributed by atoms with Crippen molar-refractivity contribution >= 4 is 11.9 Å². The molecule has 0 aromatic carbocycles. The molecule has 0 saturated carbocycles. The second-order valence-corrected chi connectivity index (χ2v) is 1.80. The highest BCUT2D eigenvalue weighted by atomic mass is 16.5. The Balaban J connectivity index is 3.72. The van der Waals surface area contributed by atoms with Crippen LogP contribution in [0.5, 0.6) is 0 Å². The van der Waals surface area contributed by atoms with Crippen LogP contribution in [0, 0.1) is 0 Å². The largest absolute Gasteiger partial charge is 0.550 e. The Hall–Kier alpha value is -1.10. The lowest BCUT2D eigenvalue weighted by Gasteiger charge is -2.05. The lowest BCUT2D eigenvalue weighted by molar-refractivity contribution is -0.412. The van der Waals surface area contributed by atoms with Crippen molar-refractivity contribution in [3.8, 4) is 0 Å². The maximum atomic E-state index is 10.5. The third-order valence-electron chi connectivity index (χ3n) is 0.948. The molecule has 0 heterocycles. The summed E-state index contributed by atoms with van der Waals surface area (Å²) in [5.74, 6) is -1.94. The Kier molecular flexibility index (Phi) is 3.42. The molecule has 0 saturated heterocycles. The molecule has 0 aliphatic rings. The third-order valence-corrected chi connectivity index (χ3v) is 0.948. The van der Waals surface area contributed by atoms with E-state index in [2.05, 4.69) is 10.5 Å². The van der Waals surface area contributed by atoms with Crippen molar-refractivity contribution in [1.82, 2.24) is 0 Å². The van der Waals surface area contributed by atoms with Crippen molar-refractivity contribution < 1.29 is 25.2 Å². The van der Waals surface area contributed by atoms with Gasteiger partial charge < -0.3 is 20.4 Å². The summed E-state index contributed by atoms with van der Waals surface area (Å²) in [6, 6.07) is -0.866. The van der Waals surface area contributed by atoms with Crippen LogP contribution in [0.2, 0.25) is 0 Å². The van der Waals surface area contributed by atoms with Crippen molar-refractivity contribution in [2.75, 3.05) is 7.11 Å². The molecule has 0 aliphatic carbocycles. The first kappa shape index (κ1) is 8.90. The number of quaternary nitrogens is 1. The lowest BCUT2D eigenvalue weighted by atomic mass is 10.2. The maximum Gasteiger partial charge on any atom is 0.364 e. The number of hydrogen-bond donors (Lipinski definition) is 1. The van der Waals surface area contributed by atoms with Crippen LogP contribution in [0.3, 0.4) is 0 Å². The molecule has 0 fully saturated rings. The molecular weight excluding hydrogens is 138 g/mol. The zero-order valence-electron chi connectivity index (χ0n) is 5.62. The number of ether oxygens (including phenoxy) is 1. The number of esters is 1. The van der Waals surface area contributed by atoms with Gasteiger partial charge in [-0.1, -0.05) is 0 Å². The molecule has 0 aliphatic heterocycles. The summed E-state index contributed by atoms with van der Waals surface area (Å²) in [7, 11) is 1.18. The van der Waals surface area contributed by atoms with Gasteiger partial charge in [0.15, 0.2) is 6.04 Å². The Morgan fingerprint density at radius 3 is 2.50 bits per heavy atom. The molecule has 10 heavy (non-hydrogen) atoms. The van der Waals surface area contributed by atoms with E-state index in [0.717, 1.165) is 0 Å². The highest BCUT2D eigenvalue weighted by Crippen LogP contribution is 1.85. The first-order valence-corrected chi connectivity index (χ1v) is 2.68. The number of aliphatic carboxylic acids is 1. The van der Waals surface area contributed by atoms with Crippen molar-refractivity contribution in [3.05, 3.63) is 0 Å². The third kappa shape index (κ3) is 3.03. The average Bonchev–Trinajstić information content (AvgIpc) is 1.85. The molecule has 5 heteroatoms. The molecule has 0 bridgehead atoms. The van der Waals surface area contributed by atoms with Gasteiger partial charge in [-0.25, -0.2) is 4.79 Å². The van der Waals surface area contributed by atoms with E-state index in [4.69, 9.17) is 0 Å². The molecule has 1 atom stereocenters. The Bertz CT molecular complexity index is 145. The summed E-state index contributed by atoms with van der Waals surface area (Å²) in [5, 5.41) is 9.87. The van der Waals surface area contributed by atoms with Gasteiger partial charge in [-0.2, -0.15) is 0 Å². The van der Waals surface area contributed by atoms with Gasteiger partial charge in [0.05, 0.1) is 13.5 Å². The molecule has 5 nitrogen and oxygen atoms in total. The maximum absolute atomic E-state index is 10.5. The molecule has 0 radical (unpaired) electrons. The topological polar surface area (TPSA) is 94.1 Å². The minimum atomic E-state index is -1.30. The van der Waals surface area contributed by atoms with Crippen LogP contribution < -0.4 is 10.8 Å². The van der Waals surface area contributed by atoms with Crippen LogP contribution in [0.1, 0.15) is 6.42 Å². The number of rotatable bonds is 3. The van der Waals surface area contributed by atoms with E-state index in [1.54, 1.807) is 0 Å². The fourth-order valence-corrected chi connectivity index (χ4v) is 0.451. The standard InChI is InChI=1S/C5H9NO4/c1-10-5(9)3(6)2-4(7)8/h3H,2,6H2,1H3,(H,7,8)/t3-/m1/s1. The van der Waals surface area contributed by atoms with E-state index >= 15 is 0 Å². The van der Waals surface area contributed by atoms with Gasteiger partial charge >= 0.3 is 5.97 Å². The van der Waals surface area contributed by atoms with Gasteiger partial charge in [0.2, 0.25) is 0 Å². The number of hydrogen-bond acceptors (Lipinski definition) is 4. The predicted octanol–water partition coefficient (Wildman–Crippen LogP) is -3.09. The number of carboxylic acids is 1. The normalized spacial score (nSPS) is 12.2. The van der Waals surface area contributed by atoms with E-state index in [0.29, 0.717) is 0 Å². The molecule has 0 aromatic rings. The van der Waals surface area contributed by atoms with Gasteiger partial charge in [-0.15, -0.1) is 0 Å². The van der Waals surface area contributed by atoms with Crippen LogP contribution >= 0.6 is 0 Å². The van der Waals surface area contributed by atoms with Gasteiger partial charge in [-0.3, -0.25) is 0 Å². The molecule has 58 valence electrons. The van der Waals surface area contributed by atoms with Crippen LogP contribution in [-0.2, 0) is 14.3 Å². The lowest BCUT2D eigenvalue weighted by Crippen LogP contribution is -2.66. The summed E-state index contributed by atoms with van der Waals surface area (Å²) in [4.78, 5) is 20.3. The quantitative estimate of drug-likeness (QED) is 0.428. The van der Waals surface area contributed by atoms with Crippen LogP contribution in [0.15, 0.2) is 0 Å². The highest BCUT2D eigenvalue weighted by molar-refractivity contribution is 5.79. The average molecular weight is 147 g/mol. The molecule has 0 spiro atoms. The molecule has 0 unspecified atom stereocenters. The first-order chi connectivity index (χ1) is 4.57. The van der Waals surface area contributed by atoms with E-state index in [1.165, 1.54) is 7.11 Å². The van der Waals surface area contributed by atoms with E-state index in [9.17, 15) is 14.7 Å². The number of carboxylic acid groups (broad SMARTS) is 1. The summed E-state index contributed by atoms with van der Waals surface area (Å²) < 4.78 is 4.22. The van der Waals surface area contributed by atoms with Crippen molar-refractivity contribution in [3.63, 3.8) is 0 Å². The minimum Gasteiger partial charge on any atom is -0.550 e. The molecule has 0 rings (SSSR count). The van der Waals surface area contributed by atoms with E-state index < -0.39 is 24.4 Å². The number of carbonyl (C=O) groups excluding carboxylic acids is 2. The second-order valence-electron chi connectivity index (χ2n) is 1.80. The first-order valence-electron chi connectivity index (χ1n) is 2.68. The van der Waals surface area contributed by atoms with Crippen molar-refractivity contribution in [2.24, 2.45) is 0 Å². The molecule has 0 amide bonds. The zero-order valence-corrected chi connectivity index (χ0v) is 5.62. The van der Waals surface area contributed by atoms with E-state index in [-0.39, 0.29) is 0 Å². The summed E-state index contributed by atoms with van der Waals surface area (Å²) in [6.07, 6.45) is -0.396. The van der Waals surface area contributed by atoms with Gasteiger partial charge in [0.25, 0.3) is 0 Å². The molecular formula is C5H9NO4. The SMILES string of the molecule is COC(=O)[C@H]([NH3+])CC(=O)[O-]. The van der Waals surface area contributed by atoms with Crippen molar-refractivity contribution in [2.45, 2.75) is 12.5 Å². The Morgan fingerprint density at radius 1 is 1.70 bits per heavy atom. The van der Waals surface area contributed by atoms with Crippen molar-refractivity contribution in [1.29, 1.82) is 0 Å². The minimum absolute atomic E-state index is 0.396. The molecule has 0 aromatic heterocycles. The van der Waals surface area contributed by atoms with Gasteiger partial charge in [0.1, 0.15) is 0 Å². The van der Waals surface area contributed by atoms with Crippen LogP contribution in [-0.4, -0.2) is 25.1 Å². The monoisotopic (exact) mass is 147 g/mol.